The van der Waals surface area contributed by atoms with Crippen molar-refractivity contribution in [1.82, 2.24) is 9.88 Å². The molecule has 1 amide bonds. The van der Waals surface area contributed by atoms with E-state index in [1.54, 1.807) is 6.20 Å². The van der Waals surface area contributed by atoms with Gasteiger partial charge in [0.15, 0.2) is 5.13 Å². The first kappa shape index (κ1) is 17.8. The maximum atomic E-state index is 12.7. The summed E-state index contributed by atoms with van der Waals surface area (Å²) in [5.74, 6) is 0.0235. The standard InChI is InChI=1S/C21H21N3O2S2/c22-20-23-13-18(28-20)19(25)24-9-7-21(8-10-24)15-12-17(14-4-2-1-3-5-14)27-16(15)6-11-26-21/h1-5,12-13H,6-11H2,(H2,22,23). The Balaban J connectivity index is 1.38. The van der Waals surface area contributed by atoms with Crippen LogP contribution in [0.5, 0.6) is 0 Å². The number of likely N-dealkylation sites (tertiary alicyclic amines) is 1. The van der Waals surface area contributed by atoms with Crippen molar-refractivity contribution in [2.24, 2.45) is 0 Å². The number of amides is 1. The van der Waals surface area contributed by atoms with E-state index in [0.717, 1.165) is 25.9 Å². The van der Waals surface area contributed by atoms with E-state index in [9.17, 15) is 4.79 Å². The van der Waals surface area contributed by atoms with Crippen LogP contribution in [0.25, 0.3) is 10.4 Å². The Bertz CT molecular complexity index is 1000. The lowest BCUT2D eigenvalue weighted by atomic mass is 9.82. The van der Waals surface area contributed by atoms with E-state index in [0.29, 0.717) is 23.1 Å². The van der Waals surface area contributed by atoms with E-state index in [1.807, 2.05) is 22.3 Å². The van der Waals surface area contributed by atoms with Gasteiger partial charge in [-0.3, -0.25) is 4.79 Å². The van der Waals surface area contributed by atoms with Gasteiger partial charge in [-0.25, -0.2) is 4.98 Å². The number of ether oxygens (including phenoxy) is 1. The maximum absolute atomic E-state index is 12.7. The molecule has 2 N–H and O–H groups in total. The molecule has 0 aliphatic carbocycles. The van der Waals surface area contributed by atoms with E-state index in [1.165, 1.54) is 32.2 Å². The van der Waals surface area contributed by atoms with Gasteiger partial charge in [0.1, 0.15) is 4.88 Å². The van der Waals surface area contributed by atoms with Crippen LogP contribution in [-0.2, 0) is 16.8 Å². The number of carbonyl (C=O) groups is 1. The van der Waals surface area contributed by atoms with Crippen molar-refractivity contribution in [1.29, 1.82) is 0 Å². The first-order valence-corrected chi connectivity index (χ1v) is 11.1. The van der Waals surface area contributed by atoms with Crippen molar-refractivity contribution in [3.05, 3.63) is 57.9 Å². The molecule has 1 aromatic carbocycles. The molecule has 4 heterocycles. The number of thiazole rings is 1. The van der Waals surface area contributed by atoms with Crippen LogP contribution in [0, 0.1) is 0 Å². The van der Waals surface area contributed by atoms with Gasteiger partial charge in [0.05, 0.1) is 18.4 Å². The van der Waals surface area contributed by atoms with Crippen molar-refractivity contribution in [3.63, 3.8) is 0 Å². The van der Waals surface area contributed by atoms with Gasteiger partial charge in [0.2, 0.25) is 0 Å². The Morgan fingerprint density at radius 2 is 1.96 bits per heavy atom. The van der Waals surface area contributed by atoms with Gasteiger partial charge in [0, 0.05) is 29.3 Å². The molecule has 0 atom stereocenters. The smallest absolute Gasteiger partial charge is 0.265 e. The van der Waals surface area contributed by atoms with E-state index >= 15 is 0 Å². The molecule has 0 saturated carbocycles. The van der Waals surface area contributed by atoms with Gasteiger partial charge < -0.3 is 15.4 Å². The van der Waals surface area contributed by atoms with Crippen molar-refractivity contribution in [2.45, 2.75) is 24.9 Å². The highest BCUT2D eigenvalue weighted by Crippen LogP contribution is 2.46. The molecule has 1 fully saturated rings. The Labute approximate surface area is 171 Å². The number of piperidine rings is 1. The number of thiophene rings is 1. The number of nitrogens with zero attached hydrogens (tertiary/aromatic N) is 2. The predicted molar refractivity (Wildman–Crippen MR) is 113 cm³/mol. The van der Waals surface area contributed by atoms with Crippen LogP contribution in [0.4, 0.5) is 5.13 Å². The second-order valence-corrected chi connectivity index (χ2v) is 9.46. The number of aromatic nitrogens is 1. The number of anilines is 1. The van der Waals surface area contributed by atoms with Crippen LogP contribution in [-0.4, -0.2) is 35.5 Å². The Morgan fingerprint density at radius 3 is 2.68 bits per heavy atom. The van der Waals surface area contributed by atoms with Crippen molar-refractivity contribution < 1.29 is 9.53 Å². The van der Waals surface area contributed by atoms with Gasteiger partial charge in [-0.2, -0.15) is 0 Å². The van der Waals surface area contributed by atoms with Crippen LogP contribution in [0.15, 0.2) is 42.6 Å². The molecule has 2 aromatic heterocycles. The Hall–Kier alpha value is -2.22. The molecule has 2 aliphatic heterocycles. The molecule has 0 unspecified atom stereocenters. The van der Waals surface area contributed by atoms with Crippen molar-refractivity contribution in [2.75, 3.05) is 25.4 Å². The van der Waals surface area contributed by atoms with Crippen LogP contribution in [0.1, 0.15) is 33.0 Å². The third kappa shape index (κ3) is 3.03. The van der Waals surface area contributed by atoms with E-state index in [-0.39, 0.29) is 11.5 Å². The van der Waals surface area contributed by atoms with Crippen LogP contribution < -0.4 is 5.73 Å². The van der Waals surface area contributed by atoms with Gasteiger partial charge in [-0.15, -0.1) is 11.3 Å². The van der Waals surface area contributed by atoms with Crippen LogP contribution in [0.3, 0.4) is 0 Å². The molecule has 144 valence electrons. The fraction of sp³-hybridized carbons (Fsp3) is 0.333. The van der Waals surface area contributed by atoms with Crippen molar-refractivity contribution >= 4 is 33.7 Å². The minimum atomic E-state index is -0.263. The number of carbonyl (C=O) groups excluding carboxylic acids is 1. The monoisotopic (exact) mass is 411 g/mol. The third-order valence-electron chi connectivity index (χ3n) is 5.66. The number of nitrogen functional groups attached to an aromatic ring is 1. The summed E-state index contributed by atoms with van der Waals surface area (Å²) < 4.78 is 6.36. The minimum absolute atomic E-state index is 0.0235. The summed E-state index contributed by atoms with van der Waals surface area (Å²) in [7, 11) is 0. The summed E-state index contributed by atoms with van der Waals surface area (Å²) >= 11 is 3.13. The minimum Gasteiger partial charge on any atom is -0.375 e. The second kappa shape index (κ2) is 6.99. The summed E-state index contributed by atoms with van der Waals surface area (Å²) in [4.78, 5) is 22.0. The molecule has 2 aliphatic rings. The molecule has 5 nitrogen and oxygen atoms in total. The summed E-state index contributed by atoms with van der Waals surface area (Å²) in [5, 5.41) is 0.434. The fourth-order valence-corrected chi connectivity index (χ4v) is 6.08. The van der Waals surface area contributed by atoms with E-state index in [4.69, 9.17) is 10.5 Å². The van der Waals surface area contributed by atoms with Gasteiger partial charge in [-0.1, -0.05) is 41.7 Å². The fourth-order valence-electron chi connectivity index (χ4n) is 4.19. The normalized spacial score (nSPS) is 18.2. The maximum Gasteiger partial charge on any atom is 0.265 e. The zero-order valence-electron chi connectivity index (χ0n) is 15.4. The number of hydrogen-bond donors (Lipinski definition) is 1. The molecular formula is C21H21N3O2S2. The molecule has 1 saturated heterocycles. The van der Waals surface area contributed by atoms with Gasteiger partial charge in [-0.05, 0) is 30.0 Å². The first-order valence-electron chi connectivity index (χ1n) is 9.48. The lowest BCUT2D eigenvalue weighted by molar-refractivity contribution is -0.0926. The second-order valence-electron chi connectivity index (χ2n) is 7.26. The Kier molecular flexibility index (Phi) is 4.45. The number of benzene rings is 1. The summed E-state index contributed by atoms with van der Waals surface area (Å²) in [6.07, 6.45) is 4.19. The highest BCUT2D eigenvalue weighted by molar-refractivity contribution is 7.17. The summed E-state index contributed by atoms with van der Waals surface area (Å²) in [6.45, 7) is 2.13. The number of nitrogens with two attached hydrogens (primary N) is 1. The molecular weight excluding hydrogens is 390 g/mol. The van der Waals surface area contributed by atoms with Gasteiger partial charge >= 0.3 is 0 Å². The first-order chi connectivity index (χ1) is 13.6. The topological polar surface area (TPSA) is 68.5 Å². The zero-order chi connectivity index (χ0) is 19.1. The van der Waals surface area contributed by atoms with E-state index in [2.05, 4.69) is 35.3 Å². The van der Waals surface area contributed by atoms with Crippen molar-refractivity contribution in [3.8, 4) is 10.4 Å². The highest BCUT2D eigenvalue weighted by atomic mass is 32.1. The molecule has 1 spiro atoms. The van der Waals surface area contributed by atoms with E-state index < -0.39 is 0 Å². The lowest BCUT2D eigenvalue weighted by Crippen LogP contribution is -2.47. The van der Waals surface area contributed by atoms with Gasteiger partial charge in [0.25, 0.3) is 5.91 Å². The lowest BCUT2D eigenvalue weighted by Gasteiger charge is -2.44. The molecule has 3 aromatic rings. The number of hydrogen-bond acceptors (Lipinski definition) is 6. The SMILES string of the molecule is Nc1ncc(C(=O)N2CCC3(CC2)OCCc2sc(-c4ccccc4)cc23)s1. The van der Waals surface area contributed by atoms with Crippen LogP contribution in [0.2, 0.25) is 0 Å². The third-order valence-corrected chi connectivity index (χ3v) is 7.72. The molecule has 5 rings (SSSR count). The summed E-state index contributed by atoms with van der Waals surface area (Å²) in [5.41, 5.74) is 8.00. The number of rotatable bonds is 2. The quantitative estimate of drug-likeness (QED) is 0.688. The highest BCUT2D eigenvalue weighted by Gasteiger charge is 2.43. The largest absolute Gasteiger partial charge is 0.375 e. The average molecular weight is 412 g/mol. The molecule has 7 heteroatoms. The number of fused-ring (bicyclic) bond motifs is 2. The predicted octanol–water partition coefficient (Wildman–Crippen LogP) is 4.16. The van der Waals surface area contributed by atoms with Crippen LogP contribution >= 0.6 is 22.7 Å². The average Bonchev–Trinajstić information content (AvgIpc) is 3.36. The molecule has 0 radical (unpaired) electrons. The summed E-state index contributed by atoms with van der Waals surface area (Å²) in [6, 6.07) is 12.8. The Morgan fingerprint density at radius 1 is 1.18 bits per heavy atom. The molecule has 0 bridgehead atoms. The zero-order valence-corrected chi connectivity index (χ0v) is 17.0. The molecule has 28 heavy (non-hydrogen) atoms.